The van der Waals surface area contributed by atoms with Crippen LogP contribution in [0.15, 0.2) is 52.1 Å². The molecule has 0 saturated heterocycles. The number of nitrogens with zero attached hydrogens (tertiary/aromatic N) is 2. The smallest absolute Gasteiger partial charge is 0.258 e. The van der Waals surface area contributed by atoms with Crippen molar-refractivity contribution in [1.82, 2.24) is 14.7 Å². The van der Waals surface area contributed by atoms with E-state index in [1.807, 2.05) is 22.9 Å². The normalized spacial score (nSPS) is 12.6. The van der Waals surface area contributed by atoms with Crippen LogP contribution in [0.1, 0.15) is 17.4 Å². The molecule has 21 heavy (non-hydrogen) atoms. The van der Waals surface area contributed by atoms with Crippen LogP contribution in [-0.2, 0) is 6.54 Å². The zero-order valence-electron chi connectivity index (χ0n) is 11.3. The molecule has 5 nitrogen and oxygen atoms in total. The number of fused-ring (bicyclic) bond motifs is 1. The van der Waals surface area contributed by atoms with Gasteiger partial charge in [0.2, 0.25) is 0 Å². The second kappa shape index (κ2) is 6.17. The van der Waals surface area contributed by atoms with E-state index in [1.54, 1.807) is 29.7 Å². The summed E-state index contributed by atoms with van der Waals surface area (Å²) < 4.78 is 1.50. The lowest BCUT2D eigenvalue weighted by Crippen LogP contribution is -2.23. The van der Waals surface area contributed by atoms with Crippen molar-refractivity contribution in [1.29, 1.82) is 0 Å². The van der Waals surface area contributed by atoms with Crippen molar-refractivity contribution in [3.8, 4) is 0 Å². The predicted octanol–water partition coefficient (Wildman–Crippen LogP) is 1.58. The van der Waals surface area contributed by atoms with Gasteiger partial charge >= 0.3 is 0 Å². The number of aliphatic hydroxyl groups excluding tert-OH is 1. The van der Waals surface area contributed by atoms with Gasteiger partial charge in [-0.2, -0.15) is 11.3 Å². The number of nitrogens with one attached hydrogen (secondary N) is 1. The Morgan fingerprint density at radius 3 is 3.10 bits per heavy atom. The highest BCUT2D eigenvalue weighted by Gasteiger charge is 2.08. The van der Waals surface area contributed by atoms with E-state index in [4.69, 9.17) is 0 Å². The van der Waals surface area contributed by atoms with Crippen molar-refractivity contribution in [3.05, 3.63) is 68.9 Å². The van der Waals surface area contributed by atoms with Crippen LogP contribution in [0.2, 0.25) is 0 Å². The Morgan fingerprint density at radius 2 is 2.29 bits per heavy atom. The molecule has 108 valence electrons. The van der Waals surface area contributed by atoms with Gasteiger partial charge in [-0.15, -0.1) is 0 Å². The van der Waals surface area contributed by atoms with E-state index in [0.29, 0.717) is 24.4 Å². The van der Waals surface area contributed by atoms with Crippen LogP contribution < -0.4 is 10.9 Å². The Kier molecular flexibility index (Phi) is 4.10. The minimum absolute atomic E-state index is 0.101. The molecule has 0 radical (unpaired) electrons. The lowest BCUT2D eigenvalue weighted by molar-refractivity contribution is 0.174. The maximum absolute atomic E-state index is 11.9. The second-order valence-electron chi connectivity index (χ2n) is 4.72. The molecule has 0 aromatic carbocycles. The maximum Gasteiger partial charge on any atom is 0.258 e. The Balaban J connectivity index is 1.67. The zero-order valence-corrected chi connectivity index (χ0v) is 12.1. The van der Waals surface area contributed by atoms with E-state index in [1.165, 1.54) is 10.5 Å². The summed E-state index contributed by atoms with van der Waals surface area (Å²) in [6.45, 7) is 0.869. The fraction of sp³-hybridized carbons (Fsp3) is 0.200. The summed E-state index contributed by atoms with van der Waals surface area (Å²) in [7, 11) is 0. The molecule has 3 aromatic heterocycles. The number of aliphatic hydroxyl groups is 1. The van der Waals surface area contributed by atoms with Gasteiger partial charge < -0.3 is 10.4 Å². The number of hydrogen-bond donors (Lipinski definition) is 2. The van der Waals surface area contributed by atoms with Crippen LogP contribution >= 0.6 is 11.3 Å². The van der Waals surface area contributed by atoms with Crippen LogP contribution in [0, 0.1) is 0 Å². The molecule has 1 atom stereocenters. The van der Waals surface area contributed by atoms with E-state index in [0.717, 1.165) is 5.56 Å². The van der Waals surface area contributed by atoms with Gasteiger partial charge in [-0.3, -0.25) is 9.20 Å². The van der Waals surface area contributed by atoms with Crippen LogP contribution in [0.5, 0.6) is 0 Å². The Bertz CT molecular complexity index is 783. The van der Waals surface area contributed by atoms with E-state index in [9.17, 15) is 9.90 Å². The summed E-state index contributed by atoms with van der Waals surface area (Å²) in [6.07, 6.45) is 1.15. The Morgan fingerprint density at radius 1 is 1.38 bits per heavy atom. The zero-order chi connectivity index (χ0) is 14.7. The number of hydrogen-bond acceptors (Lipinski definition) is 5. The van der Waals surface area contributed by atoms with Gasteiger partial charge in [0.15, 0.2) is 0 Å². The van der Waals surface area contributed by atoms with Crippen molar-refractivity contribution in [2.45, 2.75) is 12.6 Å². The molecule has 0 saturated carbocycles. The van der Waals surface area contributed by atoms with Gasteiger partial charge in [0.1, 0.15) is 5.65 Å². The van der Waals surface area contributed by atoms with Crippen LogP contribution in [0.3, 0.4) is 0 Å². The Hall–Kier alpha value is -2.02. The highest BCUT2D eigenvalue weighted by molar-refractivity contribution is 7.07. The number of aromatic nitrogens is 2. The standard InChI is InChI=1S/C15H15N3O2S/c19-13(11-4-6-21-10-11)9-16-8-12-7-15(20)18-5-2-1-3-14(18)17-12/h1-7,10,13,16,19H,8-9H2. The van der Waals surface area contributed by atoms with Gasteiger partial charge in [-0.1, -0.05) is 6.07 Å². The highest BCUT2D eigenvalue weighted by Crippen LogP contribution is 2.15. The summed E-state index contributed by atoms with van der Waals surface area (Å²) in [5.74, 6) is 0. The summed E-state index contributed by atoms with van der Waals surface area (Å²) in [4.78, 5) is 16.3. The topological polar surface area (TPSA) is 66.6 Å². The van der Waals surface area contributed by atoms with Gasteiger partial charge in [-0.25, -0.2) is 4.98 Å². The van der Waals surface area contributed by atoms with E-state index in [-0.39, 0.29) is 5.56 Å². The molecule has 6 heteroatoms. The molecular weight excluding hydrogens is 286 g/mol. The van der Waals surface area contributed by atoms with Crippen molar-refractivity contribution in [3.63, 3.8) is 0 Å². The second-order valence-corrected chi connectivity index (χ2v) is 5.50. The third-order valence-electron chi connectivity index (χ3n) is 3.20. The molecule has 3 heterocycles. The monoisotopic (exact) mass is 301 g/mol. The third kappa shape index (κ3) is 3.18. The minimum atomic E-state index is -0.544. The van der Waals surface area contributed by atoms with Crippen molar-refractivity contribution < 1.29 is 5.11 Å². The Labute approximate surface area is 125 Å². The molecular formula is C15H15N3O2S. The summed E-state index contributed by atoms with van der Waals surface area (Å²) in [5.41, 5.74) is 2.10. The number of rotatable bonds is 5. The van der Waals surface area contributed by atoms with Crippen molar-refractivity contribution in [2.75, 3.05) is 6.54 Å². The molecule has 0 fully saturated rings. The van der Waals surface area contributed by atoms with Crippen LogP contribution in [0.25, 0.3) is 5.65 Å². The SMILES string of the molecule is O=c1cc(CNCC(O)c2ccsc2)nc2ccccn12. The molecule has 0 aliphatic heterocycles. The fourth-order valence-corrected chi connectivity index (χ4v) is 2.82. The number of pyridine rings is 1. The number of thiophene rings is 1. The maximum atomic E-state index is 11.9. The largest absolute Gasteiger partial charge is 0.387 e. The van der Waals surface area contributed by atoms with Gasteiger partial charge in [-0.05, 0) is 34.5 Å². The lowest BCUT2D eigenvalue weighted by atomic mass is 10.2. The molecule has 1 unspecified atom stereocenters. The van der Waals surface area contributed by atoms with Crippen LogP contribution in [0.4, 0.5) is 0 Å². The average molecular weight is 301 g/mol. The first-order valence-electron chi connectivity index (χ1n) is 6.62. The molecule has 0 amide bonds. The van der Waals surface area contributed by atoms with Gasteiger partial charge in [0.05, 0.1) is 11.8 Å². The van der Waals surface area contributed by atoms with E-state index >= 15 is 0 Å². The molecule has 0 spiro atoms. The molecule has 3 aromatic rings. The minimum Gasteiger partial charge on any atom is -0.387 e. The predicted molar refractivity (Wildman–Crippen MR) is 82.4 cm³/mol. The van der Waals surface area contributed by atoms with Crippen molar-refractivity contribution >= 4 is 17.0 Å². The molecule has 2 N–H and O–H groups in total. The lowest BCUT2D eigenvalue weighted by Gasteiger charge is -2.10. The first-order valence-corrected chi connectivity index (χ1v) is 7.56. The van der Waals surface area contributed by atoms with E-state index in [2.05, 4.69) is 10.3 Å². The summed E-state index contributed by atoms with van der Waals surface area (Å²) in [5, 5.41) is 17.0. The molecule has 0 aliphatic rings. The average Bonchev–Trinajstić information content (AvgIpc) is 3.01. The summed E-state index contributed by atoms with van der Waals surface area (Å²) in [6, 6.07) is 8.85. The first kappa shape index (κ1) is 13.9. The van der Waals surface area contributed by atoms with Crippen molar-refractivity contribution in [2.24, 2.45) is 0 Å². The van der Waals surface area contributed by atoms with Gasteiger partial charge in [0.25, 0.3) is 5.56 Å². The molecule has 3 rings (SSSR count). The quantitative estimate of drug-likeness (QED) is 0.751. The summed E-state index contributed by atoms with van der Waals surface area (Å²) >= 11 is 1.56. The van der Waals surface area contributed by atoms with E-state index < -0.39 is 6.10 Å². The first-order chi connectivity index (χ1) is 10.2. The molecule has 0 bridgehead atoms. The third-order valence-corrected chi connectivity index (χ3v) is 3.90. The van der Waals surface area contributed by atoms with Gasteiger partial charge in [0, 0.05) is 25.4 Å². The highest BCUT2D eigenvalue weighted by atomic mass is 32.1. The van der Waals surface area contributed by atoms with Crippen LogP contribution in [-0.4, -0.2) is 21.0 Å². The fourth-order valence-electron chi connectivity index (χ4n) is 2.11. The molecule has 0 aliphatic carbocycles.